The minimum absolute atomic E-state index is 0.0127. The highest BCUT2D eigenvalue weighted by Crippen LogP contribution is 2.16. The minimum atomic E-state index is -0.134. The van der Waals surface area contributed by atoms with Gasteiger partial charge in [0.25, 0.3) is 0 Å². The van der Waals surface area contributed by atoms with Crippen LogP contribution in [0.25, 0.3) is 0 Å². The van der Waals surface area contributed by atoms with Crippen LogP contribution in [0.1, 0.15) is 19.3 Å². The molecule has 1 heterocycles. The quantitative estimate of drug-likeness (QED) is 0.694. The molecule has 0 radical (unpaired) electrons. The number of nitriles is 1. The lowest BCUT2D eigenvalue weighted by molar-refractivity contribution is -0.120. The first kappa shape index (κ1) is 9.40. The van der Waals surface area contributed by atoms with Crippen molar-refractivity contribution >= 4 is 17.7 Å². The second-order valence-corrected chi connectivity index (χ2v) is 3.97. The van der Waals surface area contributed by atoms with E-state index >= 15 is 0 Å². The van der Waals surface area contributed by atoms with Crippen LogP contribution >= 0.6 is 11.8 Å². The second kappa shape index (κ2) is 5.04. The van der Waals surface area contributed by atoms with Gasteiger partial charge in [0.05, 0.1) is 6.07 Å². The number of nitrogens with one attached hydrogen (secondary N) is 1. The molecule has 1 unspecified atom stereocenters. The van der Waals surface area contributed by atoms with E-state index in [1.165, 1.54) is 12.2 Å². The molecule has 1 aliphatic rings. The highest BCUT2D eigenvalue weighted by molar-refractivity contribution is 7.99. The molecule has 1 rings (SSSR count). The van der Waals surface area contributed by atoms with Gasteiger partial charge in [-0.3, -0.25) is 4.79 Å². The lowest BCUT2D eigenvalue weighted by Gasteiger charge is -2.21. The summed E-state index contributed by atoms with van der Waals surface area (Å²) in [4.78, 5) is 11.0. The summed E-state index contributed by atoms with van der Waals surface area (Å²) < 4.78 is 0. The topological polar surface area (TPSA) is 52.9 Å². The lowest BCUT2D eigenvalue weighted by atomic mass is 10.2. The molecular formula is C8H12N2OS. The standard InChI is InChI=1S/C8H12N2OS/c9-4-3-8(11)10-7-2-1-5-12-6-7/h7H,1-3,5-6H2,(H,10,11). The maximum atomic E-state index is 11.0. The zero-order valence-corrected chi connectivity index (χ0v) is 7.69. The maximum absolute atomic E-state index is 11.0. The first-order valence-electron chi connectivity index (χ1n) is 4.07. The van der Waals surface area contributed by atoms with Crippen molar-refractivity contribution in [2.24, 2.45) is 0 Å². The van der Waals surface area contributed by atoms with Gasteiger partial charge in [-0.2, -0.15) is 17.0 Å². The highest BCUT2D eigenvalue weighted by Gasteiger charge is 2.15. The van der Waals surface area contributed by atoms with Crippen LogP contribution in [-0.2, 0) is 4.79 Å². The van der Waals surface area contributed by atoms with E-state index in [0.717, 1.165) is 12.2 Å². The van der Waals surface area contributed by atoms with Gasteiger partial charge < -0.3 is 5.32 Å². The Morgan fingerprint density at radius 3 is 3.17 bits per heavy atom. The summed E-state index contributed by atoms with van der Waals surface area (Å²) in [6, 6.07) is 2.13. The third-order valence-electron chi connectivity index (χ3n) is 1.77. The van der Waals surface area contributed by atoms with E-state index in [1.807, 2.05) is 17.8 Å². The predicted molar refractivity (Wildman–Crippen MR) is 48.7 cm³/mol. The summed E-state index contributed by atoms with van der Waals surface area (Å²) in [6.07, 6.45) is 2.22. The van der Waals surface area contributed by atoms with Crippen LogP contribution < -0.4 is 5.32 Å². The number of thioether (sulfide) groups is 1. The number of carbonyl (C=O) groups excluding carboxylic acids is 1. The Bertz CT molecular complexity index is 194. The zero-order chi connectivity index (χ0) is 8.81. The number of hydrogen-bond acceptors (Lipinski definition) is 3. The Morgan fingerprint density at radius 2 is 2.58 bits per heavy atom. The molecule has 1 atom stereocenters. The van der Waals surface area contributed by atoms with Crippen molar-refractivity contribution in [1.29, 1.82) is 5.26 Å². The summed E-state index contributed by atoms with van der Waals surface area (Å²) in [6.45, 7) is 0. The van der Waals surface area contributed by atoms with E-state index in [0.29, 0.717) is 6.04 Å². The summed E-state index contributed by atoms with van der Waals surface area (Å²) in [5.74, 6) is 2.06. The van der Waals surface area contributed by atoms with Crippen LogP contribution in [0.5, 0.6) is 0 Å². The number of amides is 1. The van der Waals surface area contributed by atoms with Gasteiger partial charge in [-0.15, -0.1) is 0 Å². The summed E-state index contributed by atoms with van der Waals surface area (Å²) >= 11 is 1.87. The largest absolute Gasteiger partial charge is 0.352 e. The Balaban J connectivity index is 2.21. The highest BCUT2D eigenvalue weighted by atomic mass is 32.2. The number of rotatable bonds is 2. The van der Waals surface area contributed by atoms with Crippen LogP contribution in [0.4, 0.5) is 0 Å². The van der Waals surface area contributed by atoms with Crippen molar-refractivity contribution in [2.45, 2.75) is 25.3 Å². The molecule has 0 aromatic carbocycles. The fourth-order valence-corrected chi connectivity index (χ4v) is 2.28. The van der Waals surface area contributed by atoms with Crippen LogP contribution in [0, 0.1) is 11.3 Å². The molecule has 0 aromatic heterocycles. The summed E-state index contributed by atoms with van der Waals surface area (Å²) in [5, 5.41) is 11.1. The molecule has 1 fully saturated rings. The Labute approximate surface area is 76.5 Å². The predicted octanol–water partition coefficient (Wildman–Crippen LogP) is 0.912. The Hall–Kier alpha value is -0.690. The van der Waals surface area contributed by atoms with Crippen LogP contribution in [-0.4, -0.2) is 23.5 Å². The molecule has 0 aromatic rings. The van der Waals surface area contributed by atoms with Gasteiger partial charge in [0, 0.05) is 11.8 Å². The van der Waals surface area contributed by atoms with Gasteiger partial charge in [-0.1, -0.05) is 0 Å². The van der Waals surface area contributed by atoms with Crippen LogP contribution in [0.2, 0.25) is 0 Å². The van der Waals surface area contributed by atoms with Gasteiger partial charge in [0.2, 0.25) is 5.91 Å². The SMILES string of the molecule is N#CCC(=O)NC1CCCSC1. The zero-order valence-electron chi connectivity index (χ0n) is 6.88. The first-order chi connectivity index (χ1) is 5.83. The number of nitrogens with zero attached hydrogens (tertiary/aromatic N) is 1. The van der Waals surface area contributed by atoms with Crippen molar-refractivity contribution in [2.75, 3.05) is 11.5 Å². The van der Waals surface area contributed by atoms with Gasteiger partial charge >= 0.3 is 0 Å². The molecule has 0 spiro atoms. The normalized spacial score (nSPS) is 22.8. The lowest BCUT2D eigenvalue weighted by Crippen LogP contribution is -2.38. The molecule has 1 aliphatic heterocycles. The van der Waals surface area contributed by atoms with E-state index in [4.69, 9.17) is 5.26 Å². The fraction of sp³-hybridized carbons (Fsp3) is 0.750. The van der Waals surface area contributed by atoms with Crippen LogP contribution in [0.3, 0.4) is 0 Å². The third-order valence-corrected chi connectivity index (χ3v) is 2.98. The van der Waals surface area contributed by atoms with Crippen molar-refractivity contribution in [3.05, 3.63) is 0 Å². The second-order valence-electron chi connectivity index (χ2n) is 2.82. The number of hydrogen-bond donors (Lipinski definition) is 1. The average molecular weight is 184 g/mol. The van der Waals surface area contributed by atoms with Gasteiger partial charge in [0.15, 0.2) is 0 Å². The van der Waals surface area contributed by atoms with Gasteiger partial charge in [-0.25, -0.2) is 0 Å². The van der Waals surface area contributed by atoms with Crippen molar-refractivity contribution in [3.8, 4) is 6.07 Å². The Kier molecular flexibility index (Phi) is 3.95. The maximum Gasteiger partial charge on any atom is 0.234 e. The van der Waals surface area contributed by atoms with E-state index in [2.05, 4.69) is 5.32 Å². The van der Waals surface area contributed by atoms with Gasteiger partial charge in [-0.05, 0) is 18.6 Å². The smallest absolute Gasteiger partial charge is 0.234 e. The van der Waals surface area contributed by atoms with Crippen molar-refractivity contribution in [1.82, 2.24) is 5.32 Å². The molecule has 0 bridgehead atoms. The fourth-order valence-electron chi connectivity index (χ4n) is 1.21. The minimum Gasteiger partial charge on any atom is -0.352 e. The summed E-state index contributed by atoms with van der Waals surface area (Å²) in [5.41, 5.74) is 0. The monoisotopic (exact) mass is 184 g/mol. The molecule has 1 N–H and O–H groups in total. The van der Waals surface area contributed by atoms with Crippen LogP contribution in [0.15, 0.2) is 0 Å². The number of carbonyl (C=O) groups is 1. The van der Waals surface area contributed by atoms with E-state index in [-0.39, 0.29) is 12.3 Å². The molecule has 66 valence electrons. The van der Waals surface area contributed by atoms with E-state index in [9.17, 15) is 4.79 Å². The Morgan fingerprint density at radius 1 is 1.75 bits per heavy atom. The van der Waals surface area contributed by atoms with E-state index in [1.54, 1.807) is 0 Å². The molecule has 3 nitrogen and oxygen atoms in total. The first-order valence-corrected chi connectivity index (χ1v) is 5.22. The third kappa shape index (κ3) is 3.14. The average Bonchev–Trinajstić information content (AvgIpc) is 2.06. The van der Waals surface area contributed by atoms with Crippen molar-refractivity contribution in [3.63, 3.8) is 0 Å². The summed E-state index contributed by atoms with van der Waals surface area (Å²) in [7, 11) is 0. The molecule has 0 aliphatic carbocycles. The van der Waals surface area contributed by atoms with E-state index < -0.39 is 0 Å². The molecular weight excluding hydrogens is 172 g/mol. The molecule has 0 saturated carbocycles. The van der Waals surface area contributed by atoms with Gasteiger partial charge in [0.1, 0.15) is 6.42 Å². The molecule has 12 heavy (non-hydrogen) atoms. The molecule has 1 amide bonds. The molecule has 1 saturated heterocycles. The van der Waals surface area contributed by atoms with Crippen molar-refractivity contribution < 1.29 is 4.79 Å². The molecule has 4 heteroatoms.